The van der Waals surface area contributed by atoms with Gasteiger partial charge in [0.2, 0.25) is 0 Å². The van der Waals surface area contributed by atoms with Gasteiger partial charge in [-0.3, -0.25) is 0 Å². The van der Waals surface area contributed by atoms with E-state index in [0.29, 0.717) is 18.4 Å². The van der Waals surface area contributed by atoms with Crippen LogP contribution in [0.5, 0.6) is 0 Å². The minimum Gasteiger partial charge on any atom is -0.396 e. The molecule has 4 unspecified atom stereocenters. The van der Waals surface area contributed by atoms with Gasteiger partial charge in [0.25, 0.3) is 0 Å². The third-order valence-electron chi connectivity index (χ3n) is 3.67. The van der Waals surface area contributed by atoms with E-state index in [1.807, 2.05) is 0 Å². The monoisotopic (exact) mass is 166 g/mol. The second-order valence-electron chi connectivity index (χ2n) is 4.62. The van der Waals surface area contributed by atoms with Gasteiger partial charge in [0, 0.05) is 6.61 Å². The van der Waals surface area contributed by atoms with Crippen molar-refractivity contribution in [2.45, 2.75) is 20.3 Å². The van der Waals surface area contributed by atoms with E-state index in [2.05, 4.69) is 26.0 Å². The van der Waals surface area contributed by atoms with Crippen molar-refractivity contribution in [2.24, 2.45) is 29.6 Å². The first kappa shape index (κ1) is 8.31. The Morgan fingerprint density at radius 1 is 1.33 bits per heavy atom. The number of hydrogen-bond acceptors (Lipinski definition) is 1. The first-order valence-electron chi connectivity index (χ1n) is 5.03. The zero-order chi connectivity index (χ0) is 8.72. The highest BCUT2D eigenvalue weighted by Crippen LogP contribution is 2.50. The molecular weight excluding hydrogens is 148 g/mol. The molecule has 0 aromatic heterocycles. The van der Waals surface area contributed by atoms with Gasteiger partial charge in [0.05, 0.1) is 0 Å². The fraction of sp³-hybridized carbons (Fsp3) is 0.818. The van der Waals surface area contributed by atoms with Crippen LogP contribution in [0.1, 0.15) is 20.3 Å². The lowest BCUT2D eigenvalue weighted by molar-refractivity contribution is 0.136. The molecule has 12 heavy (non-hydrogen) atoms. The van der Waals surface area contributed by atoms with Crippen LogP contribution in [0.4, 0.5) is 0 Å². The van der Waals surface area contributed by atoms with Gasteiger partial charge in [0.1, 0.15) is 0 Å². The molecule has 2 aliphatic rings. The predicted molar refractivity (Wildman–Crippen MR) is 49.6 cm³/mol. The molecule has 0 aliphatic heterocycles. The van der Waals surface area contributed by atoms with Gasteiger partial charge < -0.3 is 5.11 Å². The van der Waals surface area contributed by atoms with Crippen molar-refractivity contribution in [1.82, 2.24) is 0 Å². The Morgan fingerprint density at radius 3 is 2.50 bits per heavy atom. The highest BCUT2D eigenvalue weighted by Gasteiger charge is 2.44. The van der Waals surface area contributed by atoms with Crippen molar-refractivity contribution < 1.29 is 5.11 Å². The Morgan fingerprint density at radius 2 is 2.00 bits per heavy atom. The van der Waals surface area contributed by atoms with Gasteiger partial charge >= 0.3 is 0 Å². The van der Waals surface area contributed by atoms with Crippen molar-refractivity contribution in [2.75, 3.05) is 6.61 Å². The quantitative estimate of drug-likeness (QED) is 0.623. The first-order chi connectivity index (χ1) is 5.74. The number of fused-ring (bicyclic) bond motifs is 2. The highest BCUT2D eigenvalue weighted by atomic mass is 16.3. The van der Waals surface area contributed by atoms with Crippen LogP contribution in [-0.4, -0.2) is 11.7 Å². The molecule has 0 aromatic rings. The van der Waals surface area contributed by atoms with Crippen molar-refractivity contribution in [1.29, 1.82) is 0 Å². The Hall–Kier alpha value is -0.300. The van der Waals surface area contributed by atoms with Crippen LogP contribution in [-0.2, 0) is 0 Å². The number of hydrogen-bond donors (Lipinski definition) is 1. The summed E-state index contributed by atoms with van der Waals surface area (Å²) in [6.07, 6.45) is 5.97. The average molecular weight is 166 g/mol. The molecule has 4 atom stereocenters. The van der Waals surface area contributed by atoms with Crippen LogP contribution >= 0.6 is 0 Å². The minimum absolute atomic E-state index is 0.383. The van der Waals surface area contributed by atoms with Gasteiger partial charge in [-0.05, 0) is 36.0 Å². The maximum absolute atomic E-state index is 9.27. The maximum atomic E-state index is 9.27. The summed E-state index contributed by atoms with van der Waals surface area (Å²) in [4.78, 5) is 0. The molecule has 2 aliphatic carbocycles. The predicted octanol–water partition coefficient (Wildman–Crippen LogP) is 2.07. The largest absolute Gasteiger partial charge is 0.396 e. The third kappa shape index (κ3) is 1.03. The standard InChI is InChI=1S/C11H18O/c1-7(2)11-9-4-3-8(5-9)10(11)6-12/h3-4,7-12H,5-6H2,1-2H3. The van der Waals surface area contributed by atoms with E-state index in [0.717, 1.165) is 17.8 Å². The molecule has 2 bridgehead atoms. The molecule has 1 heteroatoms. The number of aliphatic hydroxyl groups excluding tert-OH is 1. The van der Waals surface area contributed by atoms with E-state index in [9.17, 15) is 5.11 Å². The Labute approximate surface area is 74.5 Å². The van der Waals surface area contributed by atoms with Crippen LogP contribution in [0.15, 0.2) is 12.2 Å². The first-order valence-corrected chi connectivity index (χ1v) is 5.03. The molecule has 68 valence electrons. The van der Waals surface area contributed by atoms with Crippen LogP contribution < -0.4 is 0 Å². The fourth-order valence-electron chi connectivity index (χ4n) is 3.21. The molecule has 0 amide bonds. The lowest BCUT2D eigenvalue weighted by Gasteiger charge is -2.29. The SMILES string of the molecule is CC(C)C1C2C=CC(C2)C1CO. The van der Waals surface area contributed by atoms with Crippen molar-refractivity contribution in [3.8, 4) is 0 Å². The number of allylic oxidation sites excluding steroid dienone is 2. The molecule has 2 rings (SSSR count). The second kappa shape index (κ2) is 2.88. The Balaban J connectivity index is 2.17. The maximum Gasteiger partial charge on any atom is 0.0467 e. The molecule has 0 saturated heterocycles. The molecule has 0 heterocycles. The zero-order valence-electron chi connectivity index (χ0n) is 7.90. The number of aliphatic hydroxyl groups is 1. The second-order valence-corrected chi connectivity index (χ2v) is 4.62. The van der Waals surface area contributed by atoms with Gasteiger partial charge in [-0.15, -0.1) is 0 Å². The van der Waals surface area contributed by atoms with Crippen LogP contribution in [0.2, 0.25) is 0 Å². The molecular formula is C11H18O. The summed E-state index contributed by atoms with van der Waals surface area (Å²) in [6.45, 7) is 4.94. The molecule has 1 nitrogen and oxygen atoms in total. The van der Waals surface area contributed by atoms with Crippen LogP contribution in [0.3, 0.4) is 0 Å². The van der Waals surface area contributed by atoms with Crippen LogP contribution in [0.25, 0.3) is 0 Å². The molecule has 1 saturated carbocycles. The topological polar surface area (TPSA) is 20.2 Å². The molecule has 0 spiro atoms. The van der Waals surface area contributed by atoms with Crippen LogP contribution in [0, 0.1) is 29.6 Å². The lowest BCUT2D eigenvalue weighted by atomic mass is 9.77. The normalized spacial score (nSPS) is 44.7. The molecule has 0 radical (unpaired) electrons. The van der Waals surface area contributed by atoms with E-state index >= 15 is 0 Å². The van der Waals surface area contributed by atoms with E-state index in [1.165, 1.54) is 6.42 Å². The smallest absolute Gasteiger partial charge is 0.0467 e. The fourth-order valence-corrected chi connectivity index (χ4v) is 3.21. The Bertz CT molecular complexity index is 195. The summed E-state index contributed by atoms with van der Waals surface area (Å²) in [5.41, 5.74) is 0. The summed E-state index contributed by atoms with van der Waals surface area (Å²) in [5, 5.41) is 9.27. The molecule has 0 aromatic carbocycles. The van der Waals surface area contributed by atoms with Crippen molar-refractivity contribution >= 4 is 0 Å². The zero-order valence-corrected chi connectivity index (χ0v) is 7.90. The average Bonchev–Trinajstić information content (AvgIpc) is 2.60. The minimum atomic E-state index is 0.383. The van der Waals surface area contributed by atoms with E-state index in [-0.39, 0.29) is 0 Å². The molecule has 1 N–H and O–H groups in total. The molecule has 1 fully saturated rings. The third-order valence-corrected chi connectivity index (χ3v) is 3.67. The van der Waals surface area contributed by atoms with Gasteiger partial charge in [-0.1, -0.05) is 26.0 Å². The summed E-state index contributed by atoms with van der Waals surface area (Å²) < 4.78 is 0. The lowest BCUT2D eigenvalue weighted by Crippen LogP contribution is -2.26. The highest BCUT2D eigenvalue weighted by molar-refractivity contribution is 5.13. The van der Waals surface area contributed by atoms with E-state index < -0.39 is 0 Å². The summed E-state index contributed by atoms with van der Waals surface area (Å²) in [7, 11) is 0. The number of rotatable bonds is 2. The summed E-state index contributed by atoms with van der Waals surface area (Å²) >= 11 is 0. The summed E-state index contributed by atoms with van der Waals surface area (Å²) in [6, 6.07) is 0. The summed E-state index contributed by atoms with van der Waals surface area (Å²) in [5.74, 6) is 3.48. The van der Waals surface area contributed by atoms with E-state index in [1.54, 1.807) is 0 Å². The van der Waals surface area contributed by atoms with Gasteiger partial charge in [-0.2, -0.15) is 0 Å². The van der Waals surface area contributed by atoms with Gasteiger partial charge in [-0.25, -0.2) is 0 Å². The van der Waals surface area contributed by atoms with Crippen molar-refractivity contribution in [3.63, 3.8) is 0 Å². The van der Waals surface area contributed by atoms with Crippen molar-refractivity contribution in [3.05, 3.63) is 12.2 Å². The van der Waals surface area contributed by atoms with Gasteiger partial charge in [0.15, 0.2) is 0 Å². The Kier molecular flexibility index (Phi) is 1.99. The van der Waals surface area contributed by atoms with E-state index in [4.69, 9.17) is 0 Å².